The fourth-order valence-electron chi connectivity index (χ4n) is 0.751. The van der Waals surface area contributed by atoms with Crippen LogP contribution in [0.3, 0.4) is 0 Å². The number of hydrogen-bond acceptors (Lipinski definition) is 3. The van der Waals surface area contributed by atoms with Crippen molar-refractivity contribution in [2.45, 2.75) is 26.3 Å². The van der Waals surface area contributed by atoms with Crippen molar-refractivity contribution in [3.8, 4) is 5.88 Å². The van der Waals surface area contributed by atoms with E-state index in [-0.39, 0.29) is 11.9 Å². The Hall–Kier alpha value is -1.52. The van der Waals surface area contributed by atoms with Crippen LogP contribution in [0.25, 0.3) is 0 Å². The molecule has 1 N–H and O–H groups in total. The molecule has 0 aliphatic carbocycles. The van der Waals surface area contributed by atoms with Crippen LogP contribution < -0.4 is 5.32 Å². The Morgan fingerprint density at radius 2 is 2.46 bits per heavy atom. The normalized spacial score (nSPS) is 12.5. The third-order valence-electron chi connectivity index (χ3n) is 1.67. The first-order chi connectivity index (χ1) is 6.13. The van der Waals surface area contributed by atoms with Crippen molar-refractivity contribution in [1.82, 2.24) is 10.3 Å². The Morgan fingerprint density at radius 3 is 2.92 bits per heavy atom. The van der Waals surface area contributed by atoms with Gasteiger partial charge in [-0.3, -0.25) is 9.90 Å². The minimum Gasteiger partial charge on any atom is -0.437 e. The van der Waals surface area contributed by atoms with Gasteiger partial charge in [-0.15, -0.1) is 0 Å². The first-order valence-corrected chi connectivity index (χ1v) is 4.07. The maximum absolute atomic E-state index is 11.2. The van der Waals surface area contributed by atoms with Gasteiger partial charge in [-0.1, -0.05) is 6.92 Å². The molecule has 5 heteroatoms. The number of hydrogen-bond donors (Lipinski definition) is 1. The summed E-state index contributed by atoms with van der Waals surface area (Å²) in [5, 5.41) is 13.2. The molecule has 0 spiro atoms. The number of nitrogens with one attached hydrogen (secondary N) is 1. The third kappa shape index (κ3) is 2.47. The number of carbonyl (C=O) groups excluding carboxylic acids is 1. The van der Waals surface area contributed by atoms with E-state index in [4.69, 9.17) is 0 Å². The molecule has 1 unspecified atom stereocenters. The van der Waals surface area contributed by atoms with E-state index in [1.807, 2.05) is 13.8 Å². The van der Waals surface area contributed by atoms with Gasteiger partial charge in [-0.25, -0.2) is 0 Å². The second kappa shape index (κ2) is 3.93. The molecule has 71 valence electrons. The fourth-order valence-corrected chi connectivity index (χ4v) is 0.751. The van der Waals surface area contributed by atoms with E-state index in [0.717, 1.165) is 12.7 Å². The molecule has 0 fully saturated rings. The van der Waals surface area contributed by atoms with Crippen molar-refractivity contribution < 1.29 is 14.3 Å². The lowest BCUT2D eigenvalue weighted by Gasteiger charge is -2.08. The highest BCUT2D eigenvalue weighted by Gasteiger charge is 2.14. The zero-order chi connectivity index (χ0) is 9.84. The minimum atomic E-state index is -0.533. The van der Waals surface area contributed by atoms with E-state index in [1.54, 1.807) is 0 Å². The van der Waals surface area contributed by atoms with Gasteiger partial charge in [0.2, 0.25) is 0 Å². The monoisotopic (exact) mass is 183 g/mol. The van der Waals surface area contributed by atoms with Gasteiger partial charge in [0.1, 0.15) is 0 Å². The van der Waals surface area contributed by atoms with Crippen LogP contribution in [0.4, 0.5) is 0 Å². The largest absolute Gasteiger partial charge is 0.437 e. The lowest BCUT2D eigenvalue weighted by atomic mass is 10.2. The Kier molecular flexibility index (Phi) is 2.89. The number of amides is 1. The van der Waals surface area contributed by atoms with Crippen molar-refractivity contribution in [2.24, 2.45) is 0 Å². The van der Waals surface area contributed by atoms with Crippen LogP contribution >= 0.6 is 0 Å². The smallest absolute Gasteiger partial charge is 0.308 e. The highest BCUT2D eigenvalue weighted by molar-refractivity contribution is 5.89. The average Bonchev–Trinajstić information content (AvgIpc) is 2.51. The standard InChI is InChI=1S/C8H11N2O3/c1-3-5(2)9-7(12)8-10-6(11)4-13-8/h4-5H,3H2,1-2H3,(H,9,12). The van der Waals surface area contributed by atoms with Crippen LogP contribution in [0.15, 0.2) is 10.7 Å². The SMILES string of the molecule is CCC(C)NC(=O)c1nc([O])co1. The molecule has 1 radical (unpaired) electrons. The molecule has 13 heavy (non-hydrogen) atoms. The number of aromatic nitrogens is 1. The molecule has 0 saturated carbocycles. The Bertz CT molecular complexity index is 295. The summed E-state index contributed by atoms with van der Waals surface area (Å²) in [5.74, 6) is -1.16. The van der Waals surface area contributed by atoms with Gasteiger partial charge < -0.3 is 9.73 Å². The van der Waals surface area contributed by atoms with Crippen LogP contribution in [0.1, 0.15) is 31.0 Å². The van der Waals surface area contributed by atoms with Crippen molar-refractivity contribution >= 4 is 5.91 Å². The maximum Gasteiger partial charge on any atom is 0.308 e. The molecule has 1 aromatic rings. The van der Waals surface area contributed by atoms with Crippen LogP contribution in [0.5, 0.6) is 5.88 Å². The summed E-state index contributed by atoms with van der Waals surface area (Å²) >= 11 is 0. The molecule has 5 nitrogen and oxygen atoms in total. The highest BCUT2D eigenvalue weighted by Crippen LogP contribution is 2.08. The van der Waals surface area contributed by atoms with Crippen molar-refractivity contribution in [3.63, 3.8) is 0 Å². The van der Waals surface area contributed by atoms with Gasteiger partial charge in [0.05, 0.1) is 0 Å². The van der Waals surface area contributed by atoms with E-state index in [2.05, 4.69) is 14.7 Å². The summed E-state index contributed by atoms with van der Waals surface area (Å²) in [7, 11) is 0. The van der Waals surface area contributed by atoms with Crippen LogP contribution in [-0.2, 0) is 5.11 Å². The fraction of sp³-hybridized carbons (Fsp3) is 0.500. The Labute approximate surface area is 75.8 Å². The molecule has 1 amide bonds. The zero-order valence-electron chi connectivity index (χ0n) is 7.53. The quantitative estimate of drug-likeness (QED) is 0.768. The Morgan fingerprint density at radius 1 is 1.77 bits per heavy atom. The lowest BCUT2D eigenvalue weighted by Crippen LogP contribution is -2.32. The summed E-state index contributed by atoms with van der Waals surface area (Å²) in [5.41, 5.74) is 0. The van der Waals surface area contributed by atoms with Crippen LogP contribution in [0, 0.1) is 0 Å². The molecule has 0 bridgehead atoms. The third-order valence-corrected chi connectivity index (χ3v) is 1.67. The van der Waals surface area contributed by atoms with Gasteiger partial charge in [0.15, 0.2) is 6.26 Å². The number of nitrogens with zero attached hydrogens (tertiary/aromatic N) is 1. The first-order valence-electron chi connectivity index (χ1n) is 4.07. The highest BCUT2D eigenvalue weighted by atomic mass is 16.4. The number of oxazole rings is 1. The van der Waals surface area contributed by atoms with E-state index >= 15 is 0 Å². The molecular formula is C8H11N2O3. The van der Waals surface area contributed by atoms with Gasteiger partial charge in [0, 0.05) is 6.04 Å². The molecule has 0 saturated heterocycles. The van der Waals surface area contributed by atoms with Crippen molar-refractivity contribution in [2.75, 3.05) is 0 Å². The molecule has 1 rings (SSSR count). The summed E-state index contributed by atoms with van der Waals surface area (Å²) in [6.07, 6.45) is 1.72. The summed E-state index contributed by atoms with van der Waals surface area (Å²) in [4.78, 5) is 14.6. The lowest BCUT2D eigenvalue weighted by molar-refractivity contribution is 0.0904. The predicted octanol–water partition coefficient (Wildman–Crippen LogP) is 1.35. The topological polar surface area (TPSA) is 75.0 Å². The van der Waals surface area contributed by atoms with Crippen LogP contribution in [0.2, 0.25) is 0 Å². The van der Waals surface area contributed by atoms with Crippen molar-refractivity contribution in [1.29, 1.82) is 0 Å². The molecule has 1 atom stereocenters. The molecule has 0 aromatic carbocycles. The number of carbonyl (C=O) groups is 1. The summed E-state index contributed by atoms with van der Waals surface area (Å²) in [6.45, 7) is 3.80. The summed E-state index contributed by atoms with van der Waals surface area (Å²) in [6, 6.07) is 0.0505. The van der Waals surface area contributed by atoms with E-state index in [1.165, 1.54) is 0 Å². The van der Waals surface area contributed by atoms with E-state index < -0.39 is 11.8 Å². The van der Waals surface area contributed by atoms with Gasteiger partial charge in [-0.2, -0.15) is 4.98 Å². The molecular weight excluding hydrogens is 172 g/mol. The van der Waals surface area contributed by atoms with Crippen LogP contribution in [-0.4, -0.2) is 16.9 Å². The molecule has 0 aliphatic heterocycles. The maximum atomic E-state index is 11.2. The minimum absolute atomic E-state index is 0.0505. The second-order valence-electron chi connectivity index (χ2n) is 2.77. The summed E-state index contributed by atoms with van der Waals surface area (Å²) < 4.78 is 4.64. The predicted molar refractivity (Wildman–Crippen MR) is 43.9 cm³/mol. The second-order valence-corrected chi connectivity index (χ2v) is 2.77. The Balaban J connectivity index is 2.58. The van der Waals surface area contributed by atoms with Gasteiger partial charge in [-0.05, 0) is 13.3 Å². The molecule has 0 aliphatic rings. The average molecular weight is 183 g/mol. The molecule has 1 aromatic heterocycles. The van der Waals surface area contributed by atoms with Crippen molar-refractivity contribution in [3.05, 3.63) is 12.2 Å². The number of rotatable bonds is 3. The van der Waals surface area contributed by atoms with Gasteiger partial charge in [0.25, 0.3) is 5.89 Å². The van der Waals surface area contributed by atoms with E-state index in [9.17, 15) is 9.90 Å². The molecule has 1 heterocycles. The zero-order valence-corrected chi connectivity index (χ0v) is 7.53. The van der Waals surface area contributed by atoms with E-state index in [0.29, 0.717) is 0 Å². The van der Waals surface area contributed by atoms with Gasteiger partial charge >= 0.3 is 11.8 Å². The first kappa shape index (κ1) is 9.57.